The van der Waals surface area contributed by atoms with Crippen LogP contribution in [0.25, 0.3) is 55.0 Å². The minimum atomic E-state index is 1.09. The second-order valence-corrected chi connectivity index (χ2v) is 11.8. The van der Waals surface area contributed by atoms with E-state index in [1.165, 1.54) is 43.7 Å². The molecule has 0 fully saturated rings. The van der Waals surface area contributed by atoms with Crippen molar-refractivity contribution >= 4 is 55.2 Å². The van der Waals surface area contributed by atoms with Crippen LogP contribution in [0, 0.1) is 0 Å². The lowest BCUT2D eigenvalue weighted by atomic mass is 10.00. The van der Waals surface area contributed by atoms with Crippen molar-refractivity contribution in [3.63, 3.8) is 0 Å². The number of hydrogen-bond acceptors (Lipinski definition) is 1. The fraction of sp³-hybridized carbons (Fsp3) is 0.0222. The number of anilines is 3. The fourth-order valence-electron chi connectivity index (χ4n) is 6.83. The molecule has 0 bridgehead atoms. The Labute approximate surface area is 275 Å². The maximum absolute atomic E-state index is 4.00. The number of nitrogens with zero attached hydrogens (tertiary/aromatic N) is 2. The van der Waals surface area contributed by atoms with Crippen molar-refractivity contribution in [2.24, 2.45) is 0 Å². The van der Waals surface area contributed by atoms with Crippen LogP contribution in [0.3, 0.4) is 0 Å². The molecule has 0 aliphatic heterocycles. The van der Waals surface area contributed by atoms with Gasteiger partial charge >= 0.3 is 0 Å². The van der Waals surface area contributed by atoms with Crippen molar-refractivity contribution in [1.82, 2.24) is 4.57 Å². The molecule has 8 rings (SSSR count). The van der Waals surface area contributed by atoms with Crippen molar-refractivity contribution in [2.45, 2.75) is 6.92 Å². The standard InChI is InChI=1S/C45H34N2/c1-3-32(4-2)34-23-24-36-28-39(26-25-35(36)27-34)46(38-17-9-6-10-18-38)40-29-37(33-15-7-5-8-16-33)30-41(31-40)47-44-21-13-11-19-42(44)43-20-12-14-22-45(43)47/h3-31H,1H2,2H3/b32-4+. The van der Waals surface area contributed by atoms with Gasteiger partial charge in [0.2, 0.25) is 0 Å². The fourth-order valence-corrected chi connectivity index (χ4v) is 6.83. The molecule has 0 unspecified atom stereocenters. The number of aromatic nitrogens is 1. The van der Waals surface area contributed by atoms with Gasteiger partial charge < -0.3 is 9.47 Å². The Kier molecular flexibility index (Phi) is 7.24. The van der Waals surface area contributed by atoms with Crippen LogP contribution in [0.1, 0.15) is 12.5 Å². The molecule has 224 valence electrons. The summed E-state index contributed by atoms with van der Waals surface area (Å²) in [5, 5.41) is 4.89. The van der Waals surface area contributed by atoms with Gasteiger partial charge in [-0.05, 0) is 101 Å². The zero-order valence-corrected chi connectivity index (χ0v) is 26.3. The monoisotopic (exact) mass is 602 g/mol. The van der Waals surface area contributed by atoms with E-state index in [1.54, 1.807) is 0 Å². The topological polar surface area (TPSA) is 8.17 Å². The van der Waals surface area contributed by atoms with Crippen LogP contribution in [-0.2, 0) is 0 Å². The van der Waals surface area contributed by atoms with Gasteiger partial charge in [0.25, 0.3) is 0 Å². The molecule has 2 nitrogen and oxygen atoms in total. The molecular weight excluding hydrogens is 569 g/mol. The van der Waals surface area contributed by atoms with Crippen LogP contribution >= 0.6 is 0 Å². The van der Waals surface area contributed by atoms with Crippen molar-refractivity contribution in [3.05, 3.63) is 188 Å². The predicted molar refractivity (Wildman–Crippen MR) is 202 cm³/mol. The minimum absolute atomic E-state index is 1.09. The molecule has 0 saturated carbocycles. The zero-order chi connectivity index (χ0) is 31.7. The van der Waals surface area contributed by atoms with Gasteiger partial charge in [0.05, 0.1) is 11.0 Å². The normalized spacial score (nSPS) is 11.7. The number of allylic oxidation sites excluding steroid dienone is 3. The van der Waals surface area contributed by atoms with Gasteiger partial charge in [0, 0.05) is 33.5 Å². The molecule has 1 aromatic heterocycles. The largest absolute Gasteiger partial charge is 0.310 e. The van der Waals surface area contributed by atoms with Crippen LogP contribution < -0.4 is 4.90 Å². The van der Waals surface area contributed by atoms with E-state index in [4.69, 9.17) is 0 Å². The Morgan fingerprint density at radius 3 is 1.83 bits per heavy atom. The van der Waals surface area contributed by atoms with E-state index in [-0.39, 0.29) is 0 Å². The summed E-state index contributed by atoms with van der Waals surface area (Å²) in [6.45, 7) is 6.06. The Morgan fingerprint density at radius 1 is 0.532 bits per heavy atom. The maximum atomic E-state index is 4.00. The Hall–Kier alpha value is -6.12. The van der Waals surface area contributed by atoms with Gasteiger partial charge in [0.1, 0.15) is 0 Å². The van der Waals surface area contributed by atoms with Crippen LogP contribution in [0.15, 0.2) is 183 Å². The van der Waals surface area contributed by atoms with E-state index in [0.29, 0.717) is 0 Å². The van der Waals surface area contributed by atoms with Crippen molar-refractivity contribution < 1.29 is 0 Å². The first-order valence-electron chi connectivity index (χ1n) is 16.1. The first-order valence-corrected chi connectivity index (χ1v) is 16.1. The molecule has 0 saturated heterocycles. The summed E-state index contributed by atoms with van der Waals surface area (Å²) < 4.78 is 2.41. The first-order chi connectivity index (χ1) is 23.2. The lowest BCUT2D eigenvalue weighted by Crippen LogP contribution is -2.11. The van der Waals surface area contributed by atoms with Crippen LogP contribution in [0.2, 0.25) is 0 Å². The maximum Gasteiger partial charge on any atom is 0.0541 e. The molecule has 0 amide bonds. The highest BCUT2D eigenvalue weighted by atomic mass is 15.1. The summed E-state index contributed by atoms with van der Waals surface area (Å²) in [6, 6.07) is 59.1. The summed E-state index contributed by atoms with van der Waals surface area (Å²) >= 11 is 0. The summed E-state index contributed by atoms with van der Waals surface area (Å²) in [5.41, 5.74) is 11.4. The average Bonchev–Trinajstić information content (AvgIpc) is 3.47. The van der Waals surface area contributed by atoms with E-state index >= 15 is 0 Å². The SMILES string of the molecule is C=C/C(=C\C)c1ccc2cc(N(c3ccccc3)c3cc(-c4ccccc4)cc(-n4c5ccccc5c5ccccc54)c3)ccc2c1. The van der Waals surface area contributed by atoms with Gasteiger partial charge in [-0.1, -0.05) is 122 Å². The highest BCUT2D eigenvalue weighted by Gasteiger charge is 2.18. The second kappa shape index (κ2) is 12.0. The lowest BCUT2D eigenvalue weighted by molar-refractivity contribution is 1.17. The molecule has 0 atom stereocenters. The number of rotatable bonds is 7. The lowest BCUT2D eigenvalue weighted by Gasteiger charge is -2.27. The highest BCUT2D eigenvalue weighted by Crippen LogP contribution is 2.41. The predicted octanol–water partition coefficient (Wildman–Crippen LogP) is 12.7. The molecule has 8 aromatic rings. The van der Waals surface area contributed by atoms with Gasteiger partial charge in [-0.25, -0.2) is 0 Å². The molecule has 47 heavy (non-hydrogen) atoms. The van der Waals surface area contributed by atoms with Gasteiger partial charge in [-0.3, -0.25) is 0 Å². The van der Waals surface area contributed by atoms with Crippen molar-refractivity contribution in [2.75, 3.05) is 4.90 Å². The number of benzene rings is 7. The quantitative estimate of drug-likeness (QED) is 0.165. The molecular formula is C45H34N2. The average molecular weight is 603 g/mol. The van der Waals surface area contributed by atoms with Crippen LogP contribution in [0.4, 0.5) is 17.1 Å². The smallest absolute Gasteiger partial charge is 0.0541 e. The van der Waals surface area contributed by atoms with E-state index in [1.807, 2.05) is 6.08 Å². The van der Waals surface area contributed by atoms with E-state index in [9.17, 15) is 0 Å². The second-order valence-electron chi connectivity index (χ2n) is 11.8. The summed E-state index contributed by atoms with van der Waals surface area (Å²) in [7, 11) is 0. The number of para-hydroxylation sites is 3. The Morgan fingerprint density at radius 2 is 1.15 bits per heavy atom. The number of fused-ring (bicyclic) bond motifs is 4. The third-order valence-corrected chi connectivity index (χ3v) is 9.07. The molecule has 0 spiro atoms. The van der Waals surface area contributed by atoms with Crippen molar-refractivity contribution in [1.29, 1.82) is 0 Å². The Bertz CT molecular complexity index is 2380. The third kappa shape index (κ3) is 5.10. The first kappa shape index (κ1) is 28.4. The van der Waals surface area contributed by atoms with Crippen LogP contribution in [-0.4, -0.2) is 4.57 Å². The summed E-state index contributed by atoms with van der Waals surface area (Å²) in [4.78, 5) is 2.37. The molecule has 0 aliphatic carbocycles. The van der Waals surface area contributed by atoms with E-state index in [2.05, 4.69) is 193 Å². The minimum Gasteiger partial charge on any atom is -0.310 e. The van der Waals surface area contributed by atoms with Crippen LogP contribution in [0.5, 0.6) is 0 Å². The van der Waals surface area contributed by atoms with Gasteiger partial charge in [-0.15, -0.1) is 0 Å². The summed E-state index contributed by atoms with van der Waals surface area (Å²) in [5.74, 6) is 0. The zero-order valence-electron chi connectivity index (χ0n) is 26.3. The molecule has 0 N–H and O–H groups in total. The van der Waals surface area contributed by atoms with Gasteiger partial charge in [-0.2, -0.15) is 0 Å². The molecule has 2 heteroatoms. The van der Waals surface area contributed by atoms with Crippen molar-refractivity contribution in [3.8, 4) is 16.8 Å². The molecule has 7 aromatic carbocycles. The molecule has 1 heterocycles. The highest BCUT2D eigenvalue weighted by molar-refractivity contribution is 6.09. The molecule has 0 radical (unpaired) electrons. The van der Waals surface area contributed by atoms with Gasteiger partial charge in [0.15, 0.2) is 0 Å². The summed E-state index contributed by atoms with van der Waals surface area (Å²) in [6.07, 6.45) is 4.02. The number of hydrogen-bond donors (Lipinski definition) is 0. The third-order valence-electron chi connectivity index (χ3n) is 9.07. The Balaban J connectivity index is 1.38. The van der Waals surface area contributed by atoms with E-state index < -0.39 is 0 Å². The molecule has 0 aliphatic rings. The van der Waals surface area contributed by atoms with E-state index in [0.717, 1.165) is 33.9 Å².